The first kappa shape index (κ1) is 14.1. The Balaban J connectivity index is 2.59. The zero-order valence-corrected chi connectivity index (χ0v) is 9.63. The van der Waals surface area contributed by atoms with E-state index in [2.05, 4.69) is 5.32 Å². The van der Waals surface area contributed by atoms with Crippen LogP contribution in [0.2, 0.25) is 0 Å². The van der Waals surface area contributed by atoms with Crippen molar-refractivity contribution in [2.75, 3.05) is 19.8 Å². The van der Waals surface area contributed by atoms with Crippen LogP contribution in [0.25, 0.3) is 0 Å². The number of aliphatic hydroxyl groups is 4. The number of benzene rings is 1. The number of aliphatic hydroxyl groups excluding tert-OH is 4. The van der Waals surface area contributed by atoms with Gasteiger partial charge in [-0.05, 0) is 11.1 Å². The van der Waals surface area contributed by atoms with E-state index in [9.17, 15) is 0 Å². The summed E-state index contributed by atoms with van der Waals surface area (Å²) in [6.07, 6.45) is 0. The molecule has 0 aliphatic rings. The van der Waals surface area contributed by atoms with Gasteiger partial charge in [-0.15, -0.1) is 0 Å². The molecule has 0 amide bonds. The molecule has 5 N–H and O–H groups in total. The monoisotopic (exact) mass is 241 g/mol. The lowest BCUT2D eigenvalue weighted by Gasteiger charge is -2.28. The predicted octanol–water partition coefficient (Wildman–Crippen LogP) is -1.02. The SMILES string of the molecule is OCc1ccc(CNC(CO)(CO)CO)cc1. The molecule has 1 rings (SSSR count). The molecule has 0 saturated carbocycles. The van der Waals surface area contributed by atoms with Gasteiger partial charge in [-0.25, -0.2) is 0 Å². The maximum Gasteiger partial charge on any atom is 0.0884 e. The molecule has 17 heavy (non-hydrogen) atoms. The molecule has 1 aromatic carbocycles. The Hall–Kier alpha value is -0.980. The molecule has 0 bridgehead atoms. The second kappa shape index (κ2) is 6.68. The van der Waals surface area contributed by atoms with E-state index in [4.69, 9.17) is 20.4 Å². The number of rotatable bonds is 7. The lowest BCUT2D eigenvalue weighted by Crippen LogP contribution is -2.54. The van der Waals surface area contributed by atoms with Crippen molar-refractivity contribution in [3.05, 3.63) is 35.4 Å². The summed E-state index contributed by atoms with van der Waals surface area (Å²) >= 11 is 0. The van der Waals surface area contributed by atoms with E-state index in [0.29, 0.717) is 6.54 Å². The van der Waals surface area contributed by atoms with Gasteiger partial charge in [0.15, 0.2) is 0 Å². The Morgan fingerprint density at radius 1 is 0.824 bits per heavy atom. The van der Waals surface area contributed by atoms with Crippen LogP contribution in [-0.2, 0) is 13.2 Å². The topological polar surface area (TPSA) is 93.0 Å². The van der Waals surface area contributed by atoms with Crippen LogP contribution in [0, 0.1) is 0 Å². The van der Waals surface area contributed by atoms with Gasteiger partial charge >= 0.3 is 0 Å². The summed E-state index contributed by atoms with van der Waals surface area (Å²) in [6, 6.07) is 7.29. The second-order valence-electron chi connectivity index (χ2n) is 4.08. The highest BCUT2D eigenvalue weighted by Crippen LogP contribution is 2.07. The van der Waals surface area contributed by atoms with Gasteiger partial charge in [0.2, 0.25) is 0 Å². The summed E-state index contributed by atoms with van der Waals surface area (Å²) in [5, 5.41) is 39.2. The molecule has 0 heterocycles. The fraction of sp³-hybridized carbons (Fsp3) is 0.500. The highest BCUT2D eigenvalue weighted by Gasteiger charge is 2.26. The Morgan fingerprint density at radius 3 is 1.71 bits per heavy atom. The van der Waals surface area contributed by atoms with Crippen LogP contribution in [0.5, 0.6) is 0 Å². The third kappa shape index (κ3) is 3.76. The lowest BCUT2D eigenvalue weighted by molar-refractivity contribution is 0.0414. The van der Waals surface area contributed by atoms with Crippen LogP contribution in [-0.4, -0.2) is 45.8 Å². The summed E-state index contributed by atoms with van der Waals surface area (Å²) in [6.45, 7) is -0.590. The average Bonchev–Trinajstić information content (AvgIpc) is 2.41. The lowest BCUT2D eigenvalue weighted by atomic mass is 10.0. The molecule has 0 aliphatic heterocycles. The Bertz CT molecular complexity index is 314. The highest BCUT2D eigenvalue weighted by atomic mass is 16.3. The van der Waals surface area contributed by atoms with E-state index in [-0.39, 0.29) is 26.4 Å². The largest absolute Gasteiger partial charge is 0.394 e. The van der Waals surface area contributed by atoms with E-state index in [1.807, 2.05) is 12.1 Å². The molecule has 0 atom stereocenters. The van der Waals surface area contributed by atoms with Crippen molar-refractivity contribution >= 4 is 0 Å². The van der Waals surface area contributed by atoms with Crippen molar-refractivity contribution in [2.24, 2.45) is 0 Å². The van der Waals surface area contributed by atoms with Gasteiger partial charge in [-0.3, -0.25) is 0 Å². The van der Waals surface area contributed by atoms with Crippen molar-refractivity contribution < 1.29 is 20.4 Å². The third-order valence-corrected chi connectivity index (χ3v) is 2.78. The van der Waals surface area contributed by atoms with E-state index >= 15 is 0 Å². The molecule has 0 fully saturated rings. The van der Waals surface area contributed by atoms with E-state index in [1.54, 1.807) is 12.1 Å². The average molecular weight is 241 g/mol. The predicted molar refractivity (Wildman–Crippen MR) is 63.2 cm³/mol. The first-order chi connectivity index (χ1) is 8.19. The first-order valence-corrected chi connectivity index (χ1v) is 5.46. The minimum atomic E-state index is -1.06. The Morgan fingerprint density at radius 2 is 1.29 bits per heavy atom. The van der Waals surface area contributed by atoms with E-state index in [1.165, 1.54) is 0 Å². The normalized spacial score (nSPS) is 11.8. The van der Waals surface area contributed by atoms with Gasteiger partial charge in [0.25, 0.3) is 0 Å². The smallest absolute Gasteiger partial charge is 0.0884 e. The quantitative estimate of drug-likeness (QED) is 0.421. The zero-order valence-electron chi connectivity index (χ0n) is 9.63. The van der Waals surface area contributed by atoms with Crippen molar-refractivity contribution in [3.8, 4) is 0 Å². The molecule has 96 valence electrons. The maximum atomic E-state index is 9.12. The number of nitrogens with one attached hydrogen (secondary N) is 1. The second-order valence-corrected chi connectivity index (χ2v) is 4.08. The van der Waals surface area contributed by atoms with E-state index < -0.39 is 5.54 Å². The number of hydrogen-bond donors (Lipinski definition) is 5. The molecule has 0 saturated heterocycles. The molecular formula is C12H19NO4. The van der Waals surface area contributed by atoms with Gasteiger partial charge in [0.05, 0.1) is 32.0 Å². The molecule has 5 nitrogen and oxygen atoms in total. The fourth-order valence-corrected chi connectivity index (χ4v) is 1.37. The molecule has 1 aromatic rings. The molecule has 0 aromatic heterocycles. The van der Waals surface area contributed by atoms with Crippen molar-refractivity contribution in [1.82, 2.24) is 5.32 Å². The molecule has 0 aliphatic carbocycles. The summed E-state index contributed by atoms with van der Waals surface area (Å²) in [5.74, 6) is 0. The summed E-state index contributed by atoms with van der Waals surface area (Å²) in [7, 11) is 0. The van der Waals surface area contributed by atoms with Crippen LogP contribution in [0.4, 0.5) is 0 Å². The molecular weight excluding hydrogens is 222 g/mol. The Labute approximate surface area is 100 Å². The minimum absolute atomic E-state index is 0.00155. The Kier molecular flexibility index (Phi) is 5.54. The van der Waals surface area contributed by atoms with Crippen molar-refractivity contribution in [3.63, 3.8) is 0 Å². The standard InChI is InChI=1S/C12H19NO4/c14-6-11-3-1-10(2-4-11)5-13-12(7-15,8-16)9-17/h1-4,13-17H,5-9H2. The molecule has 0 unspecified atom stereocenters. The molecule has 5 heteroatoms. The molecule has 0 radical (unpaired) electrons. The van der Waals surface area contributed by atoms with Gasteiger partial charge in [-0.1, -0.05) is 24.3 Å². The van der Waals surface area contributed by atoms with Gasteiger partial charge in [0, 0.05) is 6.54 Å². The van der Waals surface area contributed by atoms with Crippen LogP contribution in [0.15, 0.2) is 24.3 Å². The van der Waals surface area contributed by atoms with Gasteiger partial charge < -0.3 is 25.7 Å². The van der Waals surface area contributed by atoms with Crippen LogP contribution >= 0.6 is 0 Å². The summed E-state index contributed by atoms with van der Waals surface area (Å²) < 4.78 is 0. The van der Waals surface area contributed by atoms with E-state index in [0.717, 1.165) is 11.1 Å². The summed E-state index contributed by atoms with van der Waals surface area (Å²) in [4.78, 5) is 0. The van der Waals surface area contributed by atoms with Gasteiger partial charge in [0.1, 0.15) is 0 Å². The zero-order chi connectivity index (χ0) is 12.7. The van der Waals surface area contributed by atoms with Crippen LogP contribution in [0.1, 0.15) is 11.1 Å². The van der Waals surface area contributed by atoms with Crippen LogP contribution < -0.4 is 5.32 Å². The van der Waals surface area contributed by atoms with Crippen molar-refractivity contribution in [2.45, 2.75) is 18.7 Å². The fourth-order valence-electron chi connectivity index (χ4n) is 1.37. The molecule has 0 spiro atoms. The van der Waals surface area contributed by atoms with Gasteiger partial charge in [-0.2, -0.15) is 0 Å². The minimum Gasteiger partial charge on any atom is -0.394 e. The highest BCUT2D eigenvalue weighted by molar-refractivity contribution is 5.22. The van der Waals surface area contributed by atoms with Crippen molar-refractivity contribution in [1.29, 1.82) is 0 Å². The number of hydrogen-bond acceptors (Lipinski definition) is 5. The third-order valence-electron chi connectivity index (χ3n) is 2.78. The van der Waals surface area contributed by atoms with Crippen LogP contribution in [0.3, 0.4) is 0 Å². The maximum absolute atomic E-state index is 9.12. The first-order valence-electron chi connectivity index (χ1n) is 5.46. The summed E-state index contributed by atoms with van der Waals surface area (Å²) in [5.41, 5.74) is 0.712.